The summed E-state index contributed by atoms with van der Waals surface area (Å²) in [6.45, 7) is 4.08. The predicted molar refractivity (Wildman–Crippen MR) is 59.8 cm³/mol. The van der Waals surface area contributed by atoms with Crippen molar-refractivity contribution in [3.05, 3.63) is 12.2 Å². The lowest BCUT2D eigenvalue weighted by molar-refractivity contribution is -0.102. The summed E-state index contributed by atoms with van der Waals surface area (Å²) in [6, 6.07) is 0.569. The van der Waals surface area contributed by atoms with Crippen LogP contribution in [0.2, 0.25) is 0 Å². The van der Waals surface area contributed by atoms with Crippen molar-refractivity contribution in [1.82, 2.24) is 4.90 Å². The fourth-order valence-corrected chi connectivity index (χ4v) is 2.55. The monoisotopic (exact) mass is 211 g/mol. The maximum Gasteiger partial charge on any atom is 0.0936 e. The van der Waals surface area contributed by atoms with Crippen LogP contribution >= 0.6 is 0 Å². The first-order valence-corrected chi connectivity index (χ1v) is 5.96. The van der Waals surface area contributed by atoms with Gasteiger partial charge in [-0.2, -0.15) is 0 Å². The molecule has 86 valence electrons. The highest BCUT2D eigenvalue weighted by atomic mass is 16.5. The van der Waals surface area contributed by atoms with Gasteiger partial charge in [0, 0.05) is 19.1 Å². The Morgan fingerprint density at radius 3 is 3.00 bits per heavy atom. The average Bonchev–Trinajstić information content (AvgIpc) is 2.29. The minimum atomic E-state index is 0.00377. The molecule has 0 aromatic rings. The normalized spacial score (nSPS) is 38.1. The molecule has 1 heterocycles. The Kier molecular flexibility index (Phi) is 3.78. The molecule has 0 spiro atoms. The molecule has 2 aliphatic rings. The summed E-state index contributed by atoms with van der Waals surface area (Å²) in [5.74, 6) is 0. The fraction of sp³-hybridized carbons (Fsp3) is 0.833. The zero-order valence-corrected chi connectivity index (χ0v) is 9.43. The summed E-state index contributed by atoms with van der Waals surface area (Å²) < 4.78 is 5.64. The molecule has 3 atom stereocenters. The maximum absolute atomic E-state index is 9.16. The molecule has 0 saturated carbocycles. The summed E-state index contributed by atoms with van der Waals surface area (Å²) in [4.78, 5) is 2.45. The van der Waals surface area contributed by atoms with E-state index in [0.717, 1.165) is 13.1 Å². The van der Waals surface area contributed by atoms with Gasteiger partial charge in [-0.05, 0) is 26.2 Å². The van der Waals surface area contributed by atoms with Gasteiger partial charge in [-0.15, -0.1) is 0 Å². The van der Waals surface area contributed by atoms with Gasteiger partial charge in [0.05, 0.1) is 18.8 Å². The fourth-order valence-electron chi connectivity index (χ4n) is 2.55. The molecule has 1 aliphatic heterocycles. The lowest BCUT2D eigenvalue weighted by Gasteiger charge is -2.40. The predicted octanol–water partition coefficient (Wildman–Crippen LogP) is 1.18. The molecule has 3 heteroatoms. The van der Waals surface area contributed by atoms with Crippen LogP contribution in [-0.2, 0) is 4.74 Å². The van der Waals surface area contributed by atoms with Crippen LogP contribution < -0.4 is 0 Å². The molecular weight excluding hydrogens is 190 g/mol. The quantitative estimate of drug-likeness (QED) is 0.696. The van der Waals surface area contributed by atoms with Gasteiger partial charge < -0.3 is 9.84 Å². The number of rotatable bonds is 2. The number of aliphatic hydroxyl groups is 1. The van der Waals surface area contributed by atoms with Crippen LogP contribution in [0.1, 0.15) is 26.2 Å². The number of ether oxygens (including phenoxy) is 1. The minimum Gasteiger partial charge on any atom is -0.394 e. The number of morpholine rings is 1. The standard InChI is InChI=1S/C12H21NO2/c1-10-7-13(8-12(9-14)15-10)11-5-3-2-4-6-11/h3,5,10-12,14H,2,4,6-9H2,1H3. The van der Waals surface area contributed by atoms with Gasteiger partial charge in [-0.25, -0.2) is 0 Å². The van der Waals surface area contributed by atoms with E-state index in [9.17, 15) is 0 Å². The second kappa shape index (κ2) is 5.10. The number of hydrogen-bond donors (Lipinski definition) is 1. The Morgan fingerprint density at radius 2 is 2.33 bits per heavy atom. The molecular formula is C12H21NO2. The van der Waals surface area contributed by atoms with Crippen LogP contribution in [0.3, 0.4) is 0 Å². The van der Waals surface area contributed by atoms with Crippen molar-refractivity contribution >= 4 is 0 Å². The van der Waals surface area contributed by atoms with Crippen LogP contribution in [-0.4, -0.2) is 48.0 Å². The first kappa shape index (κ1) is 11.1. The molecule has 0 amide bonds. The SMILES string of the molecule is CC1CN(C2C=CCCC2)CC(CO)O1. The number of hydrogen-bond acceptors (Lipinski definition) is 3. The summed E-state index contributed by atoms with van der Waals surface area (Å²) >= 11 is 0. The van der Waals surface area contributed by atoms with Gasteiger partial charge in [0.1, 0.15) is 0 Å². The van der Waals surface area contributed by atoms with E-state index in [4.69, 9.17) is 9.84 Å². The van der Waals surface area contributed by atoms with Crippen LogP contribution in [0.15, 0.2) is 12.2 Å². The van der Waals surface area contributed by atoms with Crippen molar-refractivity contribution < 1.29 is 9.84 Å². The minimum absolute atomic E-state index is 0.00377. The van der Waals surface area contributed by atoms with Crippen LogP contribution in [0, 0.1) is 0 Å². The van der Waals surface area contributed by atoms with Gasteiger partial charge in [0.2, 0.25) is 0 Å². The van der Waals surface area contributed by atoms with Crippen LogP contribution in [0.4, 0.5) is 0 Å². The van der Waals surface area contributed by atoms with Crippen molar-refractivity contribution in [3.8, 4) is 0 Å². The molecule has 1 N–H and O–H groups in total. The highest BCUT2D eigenvalue weighted by molar-refractivity contribution is 5.00. The molecule has 3 unspecified atom stereocenters. The smallest absolute Gasteiger partial charge is 0.0936 e. The third kappa shape index (κ3) is 2.80. The second-order valence-corrected chi connectivity index (χ2v) is 4.63. The van der Waals surface area contributed by atoms with E-state index in [0.29, 0.717) is 6.04 Å². The zero-order chi connectivity index (χ0) is 10.7. The Hall–Kier alpha value is -0.380. The van der Waals surface area contributed by atoms with Crippen LogP contribution in [0.5, 0.6) is 0 Å². The summed E-state index contributed by atoms with van der Waals surface area (Å²) in [5.41, 5.74) is 0. The van der Waals surface area contributed by atoms with E-state index in [2.05, 4.69) is 24.0 Å². The summed E-state index contributed by atoms with van der Waals surface area (Å²) in [5, 5.41) is 9.16. The Labute approximate surface area is 91.7 Å². The topological polar surface area (TPSA) is 32.7 Å². The lowest BCUT2D eigenvalue weighted by atomic mass is 10.00. The highest BCUT2D eigenvalue weighted by Crippen LogP contribution is 2.20. The molecule has 1 saturated heterocycles. The van der Waals surface area contributed by atoms with E-state index >= 15 is 0 Å². The molecule has 0 radical (unpaired) electrons. The molecule has 2 rings (SSSR count). The van der Waals surface area contributed by atoms with E-state index in [1.807, 2.05) is 0 Å². The van der Waals surface area contributed by atoms with E-state index in [-0.39, 0.29) is 18.8 Å². The van der Waals surface area contributed by atoms with Crippen molar-refractivity contribution in [1.29, 1.82) is 0 Å². The lowest BCUT2D eigenvalue weighted by Crippen LogP contribution is -2.51. The molecule has 15 heavy (non-hydrogen) atoms. The third-order valence-corrected chi connectivity index (χ3v) is 3.26. The van der Waals surface area contributed by atoms with Gasteiger partial charge in [0.25, 0.3) is 0 Å². The first-order valence-electron chi connectivity index (χ1n) is 5.96. The molecule has 1 aliphatic carbocycles. The molecule has 0 bridgehead atoms. The second-order valence-electron chi connectivity index (χ2n) is 4.63. The van der Waals surface area contributed by atoms with Gasteiger partial charge in [-0.3, -0.25) is 4.90 Å². The van der Waals surface area contributed by atoms with Gasteiger partial charge >= 0.3 is 0 Å². The van der Waals surface area contributed by atoms with E-state index < -0.39 is 0 Å². The Morgan fingerprint density at radius 1 is 1.47 bits per heavy atom. The van der Waals surface area contributed by atoms with Gasteiger partial charge in [0.15, 0.2) is 0 Å². The molecule has 0 aromatic carbocycles. The Balaban J connectivity index is 1.95. The van der Waals surface area contributed by atoms with E-state index in [1.165, 1.54) is 19.3 Å². The third-order valence-electron chi connectivity index (χ3n) is 3.26. The molecule has 3 nitrogen and oxygen atoms in total. The van der Waals surface area contributed by atoms with Crippen LogP contribution in [0.25, 0.3) is 0 Å². The first-order chi connectivity index (χ1) is 7.29. The zero-order valence-electron chi connectivity index (χ0n) is 9.43. The largest absolute Gasteiger partial charge is 0.394 e. The highest BCUT2D eigenvalue weighted by Gasteiger charge is 2.28. The van der Waals surface area contributed by atoms with Crippen molar-refractivity contribution in [3.63, 3.8) is 0 Å². The van der Waals surface area contributed by atoms with Crippen molar-refractivity contribution in [2.24, 2.45) is 0 Å². The average molecular weight is 211 g/mol. The number of aliphatic hydroxyl groups excluding tert-OH is 1. The van der Waals surface area contributed by atoms with Crippen molar-refractivity contribution in [2.45, 2.75) is 44.4 Å². The Bertz CT molecular complexity index is 230. The summed E-state index contributed by atoms with van der Waals surface area (Å²) in [7, 11) is 0. The number of nitrogens with zero attached hydrogens (tertiary/aromatic N) is 1. The van der Waals surface area contributed by atoms with Gasteiger partial charge in [-0.1, -0.05) is 12.2 Å². The summed E-state index contributed by atoms with van der Waals surface area (Å²) in [6.07, 6.45) is 8.60. The maximum atomic E-state index is 9.16. The number of allylic oxidation sites excluding steroid dienone is 1. The molecule has 0 aromatic heterocycles. The van der Waals surface area contributed by atoms with Crippen molar-refractivity contribution in [2.75, 3.05) is 19.7 Å². The van der Waals surface area contributed by atoms with E-state index in [1.54, 1.807) is 0 Å². The molecule has 1 fully saturated rings.